The van der Waals surface area contributed by atoms with Crippen LogP contribution >= 0.6 is 0 Å². The first kappa shape index (κ1) is 13.5. The van der Waals surface area contributed by atoms with Crippen molar-refractivity contribution in [3.8, 4) is 0 Å². The minimum absolute atomic E-state index is 0.0662. The molecule has 1 aliphatic rings. The van der Waals surface area contributed by atoms with E-state index in [2.05, 4.69) is 17.1 Å². The third-order valence-electron chi connectivity index (χ3n) is 3.20. The van der Waals surface area contributed by atoms with E-state index in [-0.39, 0.29) is 17.5 Å². The molecule has 2 rings (SSSR count). The van der Waals surface area contributed by atoms with Gasteiger partial charge in [0.15, 0.2) is 15.7 Å². The lowest BCUT2D eigenvalue weighted by Crippen LogP contribution is -2.32. The van der Waals surface area contributed by atoms with Crippen molar-refractivity contribution in [2.75, 3.05) is 18.6 Å². The molecule has 2 heterocycles. The Bertz CT molecular complexity index is 497. The lowest BCUT2D eigenvalue weighted by molar-refractivity contribution is 0.217. The van der Waals surface area contributed by atoms with E-state index in [0.717, 1.165) is 18.7 Å². The lowest BCUT2D eigenvalue weighted by atomic mass is 10.2. The fourth-order valence-corrected chi connectivity index (χ4v) is 3.95. The van der Waals surface area contributed by atoms with E-state index < -0.39 is 9.84 Å². The van der Waals surface area contributed by atoms with Crippen LogP contribution in [0.3, 0.4) is 0 Å². The molecule has 1 aliphatic heterocycles. The summed E-state index contributed by atoms with van der Waals surface area (Å²) in [5, 5.41) is 3.88. The first-order valence-electron chi connectivity index (χ1n) is 6.22. The van der Waals surface area contributed by atoms with E-state index >= 15 is 0 Å². The van der Waals surface area contributed by atoms with Crippen LogP contribution in [0.25, 0.3) is 0 Å². The maximum atomic E-state index is 11.4. The maximum absolute atomic E-state index is 11.4. The summed E-state index contributed by atoms with van der Waals surface area (Å²) >= 11 is 0. The number of aryl methyl sites for hydroxylation is 1. The van der Waals surface area contributed by atoms with Crippen molar-refractivity contribution in [1.82, 2.24) is 15.0 Å². The third kappa shape index (κ3) is 3.29. The van der Waals surface area contributed by atoms with Crippen molar-refractivity contribution < 1.29 is 12.9 Å². The number of nitrogens with zero attached hydrogens (tertiary/aromatic N) is 3. The number of aromatic nitrogens is 2. The van der Waals surface area contributed by atoms with Crippen molar-refractivity contribution in [2.45, 2.75) is 38.8 Å². The van der Waals surface area contributed by atoms with Crippen molar-refractivity contribution in [2.24, 2.45) is 0 Å². The molecule has 0 N–H and O–H groups in total. The van der Waals surface area contributed by atoms with Gasteiger partial charge in [-0.05, 0) is 19.9 Å². The van der Waals surface area contributed by atoms with Gasteiger partial charge < -0.3 is 4.52 Å². The highest BCUT2D eigenvalue weighted by atomic mass is 32.2. The second-order valence-corrected chi connectivity index (χ2v) is 7.06. The summed E-state index contributed by atoms with van der Waals surface area (Å²) in [5.41, 5.74) is 0. The predicted molar refractivity (Wildman–Crippen MR) is 66.8 cm³/mol. The fraction of sp³-hybridized carbons (Fsp3) is 0.818. The van der Waals surface area contributed by atoms with Gasteiger partial charge in [0.05, 0.1) is 18.1 Å². The van der Waals surface area contributed by atoms with Crippen LogP contribution in [0, 0.1) is 0 Å². The zero-order valence-corrected chi connectivity index (χ0v) is 11.6. The van der Waals surface area contributed by atoms with E-state index in [9.17, 15) is 8.42 Å². The van der Waals surface area contributed by atoms with Gasteiger partial charge in [-0.1, -0.05) is 12.1 Å². The van der Waals surface area contributed by atoms with Gasteiger partial charge in [0.2, 0.25) is 5.89 Å². The maximum Gasteiger partial charge on any atom is 0.240 e. The molecule has 18 heavy (non-hydrogen) atoms. The average Bonchev–Trinajstić information content (AvgIpc) is 2.86. The van der Waals surface area contributed by atoms with Gasteiger partial charge in [-0.3, -0.25) is 4.90 Å². The highest BCUT2D eigenvalue weighted by Gasteiger charge is 2.31. The van der Waals surface area contributed by atoms with Crippen molar-refractivity contribution in [1.29, 1.82) is 0 Å². The lowest BCUT2D eigenvalue weighted by Gasteiger charge is -2.20. The Kier molecular flexibility index (Phi) is 4.01. The van der Waals surface area contributed by atoms with Crippen LogP contribution in [0.2, 0.25) is 0 Å². The fourth-order valence-electron chi connectivity index (χ4n) is 2.14. The molecule has 0 bridgehead atoms. The van der Waals surface area contributed by atoms with Crippen LogP contribution in [0.15, 0.2) is 4.52 Å². The molecule has 0 saturated carbocycles. The van der Waals surface area contributed by atoms with E-state index in [1.54, 1.807) is 0 Å². The molecule has 7 heteroatoms. The summed E-state index contributed by atoms with van der Waals surface area (Å²) in [6.07, 6.45) is 2.48. The Morgan fingerprint density at radius 2 is 2.28 bits per heavy atom. The van der Waals surface area contributed by atoms with E-state index in [0.29, 0.717) is 18.9 Å². The molecule has 0 aliphatic carbocycles. The third-order valence-corrected chi connectivity index (χ3v) is 4.95. The molecule has 0 aromatic carbocycles. The monoisotopic (exact) mass is 273 g/mol. The normalized spacial score (nSPS) is 22.7. The summed E-state index contributed by atoms with van der Waals surface area (Å²) in [4.78, 5) is 6.26. The van der Waals surface area contributed by atoms with Gasteiger partial charge in [0.25, 0.3) is 0 Å². The molecular formula is C11H19N3O3S. The van der Waals surface area contributed by atoms with Gasteiger partial charge in [-0.15, -0.1) is 0 Å². The number of rotatable bonds is 5. The molecule has 0 amide bonds. The molecule has 1 aromatic heterocycles. The quantitative estimate of drug-likeness (QED) is 0.783. The topological polar surface area (TPSA) is 76.3 Å². The highest BCUT2D eigenvalue weighted by molar-refractivity contribution is 7.91. The summed E-state index contributed by atoms with van der Waals surface area (Å²) in [6.45, 7) is 2.57. The Balaban J connectivity index is 1.92. The molecule has 6 nitrogen and oxygen atoms in total. The molecule has 1 fully saturated rings. The van der Waals surface area contributed by atoms with Crippen molar-refractivity contribution in [3.05, 3.63) is 11.7 Å². The molecular weight excluding hydrogens is 254 g/mol. The van der Waals surface area contributed by atoms with Gasteiger partial charge in [-0.2, -0.15) is 4.98 Å². The van der Waals surface area contributed by atoms with Crippen LogP contribution in [0.5, 0.6) is 0 Å². The molecule has 102 valence electrons. The molecule has 1 atom stereocenters. The minimum Gasteiger partial charge on any atom is -0.338 e. The van der Waals surface area contributed by atoms with Crippen LogP contribution in [0.1, 0.15) is 31.5 Å². The average molecular weight is 273 g/mol. The summed E-state index contributed by atoms with van der Waals surface area (Å²) < 4.78 is 28.0. The first-order chi connectivity index (χ1) is 8.50. The molecule has 0 radical (unpaired) electrons. The minimum atomic E-state index is -2.84. The van der Waals surface area contributed by atoms with Gasteiger partial charge >= 0.3 is 0 Å². The molecule has 1 unspecified atom stereocenters. The Hall–Kier alpha value is -0.950. The zero-order valence-electron chi connectivity index (χ0n) is 10.8. The summed E-state index contributed by atoms with van der Waals surface area (Å²) in [5.74, 6) is 1.80. The van der Waals surface area contributed by atoms with E-state index in [1.807, 2.05) is 11.9 Å². The Labute approximate surface area is 107 Å². The van der Waals surface area contributed by atoms with Crippen LogP contribution in [-0.4, -0.2) is 48.1 Å². The van der Waals surface area contributed by atoms with E-state index in [1.165, 1.54) is 0 Å². The van der Waals surface area contributed by atoms with Crippen LogP contribution in [-0.2, 0) is 22.8 Å². The molecule has 0 spiro atoms. The summed E-state index contributed by atoms with van der Waals surface area (Å²) in [6, 6.07) is 0.0662. The van der Waals surface area contributed by atoms with Crippen molar-refractivity contribution in [3.63, 3.8) is 0 Å². The van der Waals surface area contributed by atoms with Gasteiger partial charge in [-0.25, -0.2) is 8.42 Å². The van der Waals surface area contributed by atoms with Crippen LogP contribution < -0.4 is 0 Å². The van der Waals surface area contributed by atoms with Gasteiger partial charge in [0, 0.05) is 12.5 Å². The Morgan fingerprint density at radius 3 is 2.89 bits per heavy atom. The second-order valence-electron chi connectivity index (χ2n) is 4.83. The standard InChI is InChI=1S/C11H19N3O3S/c1-3-4-10-12-11(17-13-10)7-14(2)9-5-6-18(15,16)8-9/h9H,3-8H2,1-2H3. The molecule has 1 aromatic rings. The smallest absolute Gasteiger partial charge is 0.240 e. The number of sulfone groups is 1. The highest BCUT2D eigenvalue weighted by Crippen LogP contribution is 2.18. The molecule has 1 saturated heterocycles. The SMILES string of the molecule is CCCc1noc(CN(C)C2CCS(=O)(=O)C2)n1. The van der Waals surface area contributed by atoms with Crippen LogP contribution in [0.4, 0.5) is 0 Å². The number of hydrogen-bond acceptors (Lipinski definition) is 6. The van der Waals surface area contributed by atoms with Gasteiger partial charge in [0.1, 0.15) is 0 Å². The second kappa shape index (κ2) is 5.36. The summed E-state index contributed by atoms with van der Waals surface area (Å²) in [7, 11) is -0.946. The largest absolute Gasteiger partial charge is 0.338 e. The first-order valence-corrected chi connectivity index (χ1v) is 8.04. The van der Waals surface area contributed by atoms with E-state index in [4.69, 9.17) is 4.52 Å². The predicted octanol–water partition coefficient (Wildman–Crippen LogP) is 0.641. The van der Waals surface area contributed by atoms with Crippen molar-refractivity contribution >= 4 is 9.84 Å². The zero-order chi connectivity index (χ0) is 13.2. The number of hydrogen-bond donors (Lipinski definition) is 0. The Morgan fingerprint density at radius 1 is 1.50 bits per heavy atom.